The molecule has 0 unspecified atom stereocenters. The SMILES string of the molecule is CCN(CC)S(=O)(=O)c1ccc(N2C[C@@H](C(=O)NC3CC3)CC2=O)cc1. The maximum absolute atomic E-state index is 12.5. The summed E-state index contributed by atoms with van der Waals surface area (Å²) in [6.45, 7) is 4.74. The standard InChI is InChI=1S/C18H25N3O4S/c1-3-20(4-2)26(24,25)16-9-7-15(8-10-16)21-12-13(11-17(21)22)18(23)19-14-5-6-14/h7-10,13-14H,3-6,11-12H2,1-2H3,(H,19,23)/t13-/m0/s1. The maximum atomic E-state index is 12.5. The van der Waals surface area contributed by atoms with E-state index in [-0.39, 0.29) is 35.1 Å². The second-order valence-corrected chi connectivity index (χ2v) is 8.71. The van der Waals surface area contributed by atoms with Gasteiger partial charge in [-0.15, -0.1) is 0 Å². The molecule has 142 valence electrons. The highest BCUT2D eigenvalue weighted by molar-refractivity contribution is 7.89. The molecule has 0 spiro atoms. The summed E-state index contributed by atoms with van der Waals surface area (Å²) in [6.07, 6.45) is 2.22. The second kappa shape index (κ2) is 7.36. The van der Waals surface area contributed by atoms with Gasteiger partial charge in [0, 0.05) is 37.8 Å². The Labute approximate surface area is 154 Å². The van der Waals surface area contributed by atoms with E-state index in [9.17, 15) is 18.0 Å². The Bertz CT molecular complexity index is 783. The number of hydrogen-bond acceptors (Lipinski definition) is 4. The molecule has 2 fully saturated rings. The highest BCUT2D eigenvalue weighted by Gasteiger charge is 2.37. The molecular formula is C18H25N3O4S. The summed E-state index contributed by atoms with van der Waals surface area (Å²) in [5.74, 6) is -0.522. The summed E-state index contributed by atoms with van der Waals surface area (Å²) in [4.78, 5) is 26.2. The lowest BCUT2D eigenvalue weighted by Gasteiger charge is -2.20. The topological polar surface area (TPSA) is 86.8 Å². The quantitative estimate of drug-likeness (QED) is 0.775. The smallest absolute Gasteiger partial charge is 0.243 e. The molecule has 1 aliphatic heterocycles. The average Bonchev–Trinajstić information content (AvgIpc) is 3.34. The third-order valence-electron chi connectivity index (χ3n) is 4.91. The summed E-state index contributed by atoms with van der Waals surface area (Å²) in [5, 5.41) is 2.94. The van der Waals surface area contributed by atoms with Crippen LogP contribution in [-0.4, -0.2) is 50.2 Å². The normalized spacial score (nSPS) is 20.7. The molecule has 0 radical (unpaired) electrons. The van der Waals surface area contributed by atoms with Crippen molar-refractivity contribution in [2.24, 2.45) is 5.92 Å². The lowest BCUT2D eigenvalue weighted by atomic mass is 10.1. The Morgan fingerprint density at radius 3 is 2.35 bits per heavy atom. The van der Waals surface area contributed by atoms with Crippen molar-refractivity contribution in [3.05, 3.63) is 24.3 Å². The van der Waals surface area contributed by atoms with Crippen LogP contribution in [0.3, 0.4) is 0 Å². The summed E-state index contributed by atoms with van der Waals surface area (Å²) in [5.41, 5.74) is 0.621. The van der Waals surface area contributed by atoms with Crippen LogP contribution in [0.5, 0.6) is 0 Å². The van der Waals surface area contributed by atoms with Gasteiger partial charge in [-0.25, -0.2) is 8.42 Å². The second-order valence-electron chi connectivity index (χ2n) is 6.77. The van der Waals surface area contributed by atoms with E-state index in [1.807, 2.05) is 0 Å². The molecule has 1 aromatic carbocycles. The number of nitrogens with one attached hydrogen (secondary N) is 1. The third kappa shape index (κ3) is 3.76. The Hall–Kier alpha value is -1.93. The third-order valence-corrected chi connectivity index (χ3v) is 6.98. The number of amides is 2. The molecule has 1 atom stereocenters. The first-order valence-electron chi connectivity index (χ1n) is 9.07. The first-order valence-corrected chi connectivity index (χ1v) is 10.5. The molecule has 0 aromatic heterocycles. The van der Waals surface area contributed by atoms with E-state index in [2.05, 4.69) is 5.32 Å². The van der Waals surface area contributed by atoms with Crippen molar-refractivity contribution >= 4 is 27.5 Å². The van der Waals surface area contributed by atoms with Gasteiger partial charge in [-0.05, 0) is 37.1 Å². The molecule has 1 N–H and O–H groups in total. The minimum absolute atomic E-state index is 0.0657. The minimum atomic E-state index is -3.52. The first kappa shape index (κ1) is 18.8. The van der Waals surface area contributed by atoms with E-state index in [0.717, 1.165) is 12.8 Å². The van der Waals surface area contributed by atoms with Gasteiger partial charge in [-0.2, -0.15) is 4.31 Å². The van der Waals surface area contributed by atoms with Gasteiger partial charge in [0.05, 0.1) is 10.8 Å². The van der Waals surface area contributed by atoms with Crippen molar-refractivity contribution in [3.63, 3.8) is 0 Å². The zero-order chi connectivity index (χ0) is 18.9. The Kier molecular flexibility index (Phi) is 5.34. The van der Waals surface area contributed by atoms with Crippen LogP contribution < -0.4 is 10.2 Å². The number of rotatable bonds is 7. The average molecular weight is 379 g/mol. The van der Waals surface area contributed by atoms with E-state index in [1.54, 1.807) is 30.9 Å². The van der Waals surface area contributed by atoms with Crippen LogP contribution in [0.25, 0.3) is 0 Å². The fraction of sp³-hybridized carbons (Fsp3) is 0.556. The summed E-state index contributed by atoms with van der Waals surface area (Å²) < 4.78 is 26.5. The molecule has 1 heterocycles. The number of nitrogens with zero attached hydrogens (tertiary/aromatic N) is 2. The lowest BCUT2D eigenvalue weighted by molar-refractivity contribution is -0.126. The molecule has 1 aliphatic carbocycles. The molecule has 26 heavy (non-hydrogen) atoms. The van der Waals surface area contributed by atoms with E-state index >= 15 is 0 Å². The van der Waals surface area contributed by atoms with Crippen LogP contribution in [0.2, 0.25) is 0 Å². The fourth-order valence-corrected chi connectivity index (χ4v) is 4.65. The predicted octanol–water partition coefficient (Wildman–Crippen LogP) is 1.35. The Morgan fingerprint density at radius 1 is 1.19 bits per heavy atom. The van der Waals surface area contributed by atoms with E-state index in [4.69, 9.17) is 0 Å². The summed E-state index contributed by atoms with van der Waals surface area (Å²) >= 11 is 0. The number of sulfonamides is 1. The minimum Gasteiger partial charge on any atom is -0.353 e. The van der Waals surface area contributed by atoms with Gasteiger partial charge in [0.1, 0.15) is 0 Å². The Morgan fingerprint density at radius 2 is 1.81 bits per heavy atom. The molecule has 0 bridgehead atoms. The number of carbonyl (C=O) groups excluding carboxylic acids is 2. The molecule has 3 rings (SSSR count). The lowest BCUT2D eigenvalue weighted by Crippen LogP contribution is -2.34. The van der Waals surface area contributed by atoms with Crippen molar-refractivity contribution in [1.29, 1.82) is 0 Å². The van der Waals surface area contributed by atoms with Gasteiger partial charge in [0.2, 0.25) is 21.8 Å². The molecule has 2 amide bonds. The zero-order valence-electron chi connectivity index (χ0n) is 15.1. The van der Waals surface area contributed by atoms with Gasteiger partial charge >= 0.3 is 0 Å². The molecular weight excluding hydrogens is 354 g/mol. The predicted molar refractivity (Wildman–Crippen MR) is 98.2 cm³/mol. The first-order chi connectivity index (χ1) is 12.4. The molecule has 1 saturated heterocycles. The molecule has 7 nitrogen and oxygen atoms in total. The van der Waals surface area contributed by atoms with E-state index in [0.29, 0.717) is 25.3 Å². The highest BCUT2D eigenvalue weighted by atomic mass is 32.2. The van der Waals surface area contributed by atoms with Crippen LogP contribution in [0.4, 0.5) is 5.69 Å². The monoisotopic (exact) mass is 379 g/mol. The van der Waals surface area contributed by atoms with E-state index < -0.39 is 10.0 Å². The maximum Gasteiger partial charge on any atom is 0.243 e. The van der Waals surface area contributed by atoms with Crippen LogP contribution in [0, 0.1) is 5.92 Å². The van der Waals surface area contributed by atoms with Gasteiger partial charge < -0.3 is 10.2 Å². The van der Waals surface area contributed by atoms with E-state index in [1.165, 1.54) is 16.4 Å². The van der Waals surface area contributed by atoms with Gasteiger partial charge in [0.15, 0.2) is 0 Å². The number of carbonyl (C=O) groups is 2. The summed E-state index contributed by atoms with van der Waals surface area (Å²) in [6, 6.07) is 6.59. The van der Waals surface area contributed by atoms with Crippen molar-refractivity contribution in [2.75, 3.05) is 24.5 Å². The fourth-order valence-electron chi connectivity index (χ4n) is 3.19. The summed E-state index contributed by atoms with van der Waals surface area (Å²) in [7, 11) is -3.52. The van der Waals surface area contributed by atoms with Crippen molar-refractivity contribution in [3.8, 4) is 0 Å². The van der Waals surface area contributed by atoms with Crippen LogP contribution in [0.15, 0.2) is 29.2 Å². The van der Waals surface area contributed by atoms with Crippen LogP contribution in [-0.2, 0) is 19.6 Å². The van der Waals surface area contributed by atoms with Crippen molar-refractivity contribution < 1.29 is 18.0 Å². The molecule has 1 saturated carbocycles. The van der Waals surface area contributed by atoms with Crippen LogP contribution >= 0.6 is 0 Å². The molecule has 1 aromatic rings. The van der Waals surface area contributed by atoms with Gasteiger partial charge in [-0.1, -0.05) is 13.8 Å². The molecule has 8 heteroatoms. The van der Waals surface area contributed by atoms with Crippen molar-refractivity contribution in [1.82, 2.24) is 9.62 Å². The highest BCUT2D eigenvalue weighted by Crippen LogP contribution is 2.28. The Balaban J connectivity index is 1.72. The van der Waals surface area contributed by atoms with Gasteiger partial charge in [0.25, 0.3) is 0 Å². The number of benzene rings is 1. The largest absolute Gasteiger partial charge is 0.353 e. The zero-order valence-corrected chi connectivity index (χ0v) is 16.0. The number of hydrogen-bond donors (Lipinski definition) is 1. The molecule has 2 aliphatic rings. The van der Waals surface area contributed by atoms with Crippen LogP contribution in [0.1, 0.15) is 33.1 Å². The van der Waals surface area contributed by atoms with Crippen molar-refractivity contribution in [2.45, 2.75) is 44.0 Å². The number of anilines is 1. The van der Waals surface area contributed by atoms with Gasteiger partial charge in [-0.3, -0.25) is 9.59 Å².